The number of rotatable bonds is 5. The molecule has 1 fully saturated rings. The maximum atomic E-state index is 11.5. The van der Waals surface area contributed by atoms with Crippen molar-refractivity contribution >= 4 is 17.6 Å². The van der Waals surface area contributed by atoms with Crippen LogP contribution >= 0.6 is 0 Å². The molecule has 0 spiro atoms. The number of carboxylic acid groups (broad SMARTS) is 1. The predicted octanol–water partition coefficient (Wildman–Crippen LogP) is 2.39. The van der Waals surface area contributed by atoms with Crippen LogP contribution in [0.5, 0.6) is 0 Å². The molecule has 0 aromatic heterocycles. The topological polar surface area (TPSA) is 92.4 Å². The van der Waals surface area contributed by atoms with Crippen molar-refractivity contribution in [1.82, 2.24) is 0 Å². The van der Waals surface area contributed by atoms with Gasteiger partial charge in [0.15, 0.2) is 0 Å². The first-order valence-electron chi connectivity index (χ1n) is 6.69. The van der Waals surface area contributed by atoms with Gasteiger partial charge in [0.1, 0.15) is 0 Å². The SMILES string of the molecule is Cc1cc(C(N)=O)c(N[C@@H](C)C2(C)CC2)cc1C(=O)O. The lowest BCUT2D eigenvalue weighted by Gasteiger charge is -2.23. The predicted molar refractivity (Wildman–Crippen MR) is 77.1 cm³/mol. The summed E-state index contributed by atoms with van der Waals surface area (Å²) in [5.41, 5.74) is 7.15. The number of aryl methyl sites for hydroxylation is 1. The fourth-order valence-corrected chi connectivity index (χ4v) is 2.30. The molecule has 0 unspecified atom stereocenters. The monoisotopic (exact) mass is 276 g/mol. The van der Waals surface area contributed by atoms with Gasteiger partial charge in [-0.2, -0.15) is 0 Å². The molecule has 2 rings (SSSR count). The van der Waals surface area contributed by atoms with E-state index in [1.165, 1.54) is 12.1 Å². The van der Waals surface area contributed by atoms with Crippen molar-refractivity contribution in [3.8, 4) is 0 Å². The molecular weight excluding hydrogens is 256 g/mol. The molecule has 20 heavy (non-hydrogen) atoms. The van der Waals surface area contributed by atoms with Gasteiger partial charge in [0, 0.05) is 11.7 Å². The van der Waals surface area contributed by atoms with Crippen LogP contribution in [0.2, 0.25) is 0 Å². The van der Waals surface area contributed by atoms with Gasteiger partial charge in [-0.25, -0.2) is 4.79 Å². The summed E-state index contributed by atoms with van der Waals surface area (Å²) in [6.07, 6.45) is 2.26. The number of nitrogens with two attached hydrogens (primary N) is 1. The number of anilines is 1. The average molecular weight is 276 g/mol. The fraction of sp³-hybridized carbons (Fsp3) is 0.467. The number of benzene rings is 1. The highest BCUT2D eigenvalue weighted by atomic mass is 16.4. The molecule has 1 aromatic carbocycles. The molecule has 1 saturated carbocycles. The third-order valence-electron chi connectivity index (χ3n) is 4.32. The fourth-order valence-electron chi connectivity index (χ4n) is 2.30. The van der Waals surface area contributed by atoms with Crippen molar-refractivity contribution in [1.29, 1.82) is 0 Å². The average Bonchev–Trinajstić information content (AvgIpc) is 3.09. The van der Waals surface area contributed by atoms with E-state index < -0.39 is 11.9 Å². The second kappa shape index (κ2) is 4.81. The number of hydrogen-bond acceptors (Lipinski definition) is 3. The molecule has 1 amide bonds. The van der Waals surface area contributed by atoms with E-state index in [1.54, 1.807) is 6.92 Å². The Balaban J connectivity index is 2.40. The summed E-state index contributed by atoms with van der Waals surface area (Å²) in [5, 5.41) is 12.4. The highest BCUT2D eigenvalue weighted by Crippen LogP contribution is 2.49. The Kier molecular flexibility index (Phi) is 3.46. The molecule has 0 radical (unpaired) electrons. The normalized spacial score (nSPS) is 17.4. The van der Waals surface area contributed by atoms with E-state index in [9.17, 15) is 14.7 Å². The highest BCUT2D eigenvalue weighted by Gasteiger charge is 2.42. The summed E-state index contributed by atoms with van der Waals surface area (Å²) in [5.74, 6) is -1.56. The Labute approximate surface area is 118 Å². The molecule has 0 aliphatic heterocycles. The van der Waals surface area contributed by atoms with Gasteiger partial charge in [-0.05, 0) is 49.8 Å². The number of carbonyl (C=O) groups excluding carboxylic acids is 1. The first-order valence-corrected chi connectivity index (χ1v) is 6.69. The molecule has 108 valence electrons. The van der Waals surface area contributed by atoms with Gasteiger partial charge in [-0.1, -0.05) is 6.92 Å². The molecule has 1 atom stereocenters. The number of amides is 1. The number of nitrogens with one attached hydrogen (secondary N) is 1. The Hall–Kier alpha value is -2.04. The summed E-state index contributed by atoms with van der Waals surface area (Å²) < 4.78 is 0. The number of carboxylic acids is 1. The van der Waals surface area contributed by atoms with E-state index >= 15 is 0 Å². The number of hydrogen-bond donors (Lipinski definition) is 3. The van der Waals surface area contributed by atoms with E-state index in [-0.39, 0.29) is 17.0 Å². The minimum Gasteiger partial charge on any atom is -0.478 e. The Bertz CT molecular complexity index is 577. The van der Waals surface area contributed by atoms with Gasteiger partial charge >= 0.3 is 5.97 Å². The summed E-state index contributed by atoms with van der Waals surface area (Å²) >= 11 is 0. The molecule has 4 N–H and O–H groups in total. The third-order valence-corrected chi connectivity index (χ3v) is 4.32. The third kappa shape index (κ3) is 2.61. The number of carbonyl (C=O) groups is 2. The molecule has 0 saturated heterocycles. The Morgan fingerprint density at radius 1 is 1.35 bits per heavy atom. The zero-order valence-electron chi connectivity index (χ0n) is 12.0. The van der Waals surface area contributed by atoms with Crippen LogP contribution in [0.15, 0.2) is 12.1 Å². The standard InChI is InChI=1S/C15H20N2O3/c1-8-6-11(13(16)18)12(7-10(8)14(19)20)17-9(2)15(3)4-5-15/h6-7,9,17H,4-5H2,1-3H3,(H2,16,18)(H,19,20)/t9-/m0/s1. The van der Waals surface area contributed by atoms with Crippen molar-refractivity contribution in [2.45, 2.75) is 39.7 Å². The maximum absolute atomic E-state index is 11.5. The zero-order chi connectivity index (χ0) is 15.1. The summed E-state index contributed by atoms with van der Waals surface area (Å²) in [6.45, 7) is 5.87. The van der Waals surface area contributed by atoms with Crippen LogP contribution in [0.25, 0.3) is 0 Å². The minimum atomic E-state index is -1.01. The van der Waals surface area contributed by atoms with Crippen LogP contribution in [0.1, 0.15) is 53.0 Å². The largest absolute Gasteiger partial charge is 0.478 e. The second-order valence-corrected chi connectivity index (χ2v) is 5.90. The molecule has 0 heterocycles. The minimum absolute atomic E-state index is 0.157. The Morgan fingerprint density at radius 2 is 1.95 bits per heavy atom. The smallest absolute Gasteiger partial charge is 0.336 e. The lowest BCUT2D eigenvalue weighted by molar-refractivity contribution is 0.0695. The molecule has 5 heteroatoms. The molecule has 5 nitrogen and oxygen atoms in total. The van der Waals surface area contributed by atoms with Crippen molar-refractivity contribution in [2.75, 3.05) is 5.32 Å². The van der Waals surface area contributed by atoms with E-state index in [0.717, 1.165) is 12.8 Å². The van der Waals surface area contributed by atoms with Crippen molar-refractivity contribution < 1.29 is 14.7 Å². The quantitative estimate of drug-likeness (QED) is 0.770. The van der Waals surface area contributed by atoms with E-state index in [2.05, 4.69) is 12.2 Å². The van der Waals surface area contributed by atoms with E-state index in [0.29, 0.717) is 16.8 Å². The second-order valence-electron chi connectivity index (χ2n) is 5.90. The van der Waals surface area contributed by atoms with Gasteiger partial charge in [0.05, 0.1) is 11.1 Å². The van der Waals surface area contributed by atoms with Crippen LogP contribution in [-0.2, 0) is 0 Å². The maximum Gasteiger partial charge on any atom is 0.336 e. The van der Waals surface area contributed by atoms with Crippen molar-refractivity contribution in [2.24, 2.45) is 11.1 Å². The lowest BCUT2D eigenvalue weighted by atomic mass is 9.98. The molecule has 1 aliphatic carbocycles. The molecular formula is C15H20N2O3. The van der Waals surface area contributed by atoms with Gasteiger partial charge in [-0.3, -0.25) is 4.79 Å². The first kappa shape index (κ1) is 14.4. The lowest BCUT2D eigenvalue weighted by Crippen LogP contribution is -2.27. The van der Waals surface area contributed by atoms with E-state index in [1.807, 2.05) is 6.92 Å². The Morgan fingerprint density at radius 3 is 2.40 bits per heavy atom. The van der Waals surface area contributed by atoms with Crippen LogP contribution in [-0.4, -0.2) is 23.0 Å². The zero-order valence-corrected chi connectivity index (χ0v) is 12.0. The van der Waals surface area contributed by atoms with Crippen LogP contribution in [0, 0.1) is 12.3 Å². The highest BCUT2D eigenvalue weighted by molar-refractivity contribution is 6.01. The summed E-state index contributed by atoms with van der Waals surface area (Å²) in [7, 11) is 0. The van der Waals surface area contributed by atoms with Gasteiger partial charge in [0.25, 0.3) is 5.91 Å². The first-order chi connectivity index (χ1) is 9.24. The van der Waals surface area contributed by atoms with E-state index in [4.69, 9.17) is 5.73 Å². The van der Waals surface area contributed by atoms with Crippen molar-refractivity contribution in [3.63, 3.8) is 0 Å². The number of primary amides is 1. The van der Waals surface area contributed by atoms with Crippen LogP contribution in [0.3, 0.4) is 0 Å². The van der Waals surface area contributed by atoms with Gasteiger partial charge < -0.3 is 16.2 Å². The summed E-state index contributed by atoms with van der Waals surface area (Å²) in [4.78, 5) is 22.7. The van der Waals surface area contributed by atoms with Crippen molar-refractivity contribution in [3.05, 3.63) is 28.8 Å². The molecule has 1 aromatic rings. The number of aromatic carboxylic acids is 1. The van der Waals surface area contributed by atoms with Gasteiger partial charge in [-0.15, -0.1) is 0 Å². The molecule has 0 bridgehead atoms. The van der Waals surface area contributed by atoms with Crippen LogP contribution < -0.4 is 11.1 Å². The van der Waals surface area contributed by atoms with Crippen LogP contribution in [0.4, 0.5) is 5.69 Å². The van der Waals surface area contributed by atoms with Gasteiger partial charge in [0.2, 0.25) is 0 Å². The summed E-state index contributed by atoms with van der Waals surface area (Å²) in [6, 6.07) is 3.20. The molecule has 1 aliphatic rings.